The van der Waals surface area contributed by atoms with E-state index in [4.69, 9.17) is 4.74 Å². The van der Waals surface area contributed by atoms with Gasteiger partial charge in [-0.05, 0) is 77.3 Å². The Kier molecular flexibility index (Phi) is 4.88. The van der Waals surface area contributed by atoms with Crippen LogP contribution in [0.5, 0.6) is 0 Å². The molecule has 21 heavy (non-hydrogen) atoms. The van der Waals surface area contributed by atoms with Crippen molar-refractivity contribution in [1.82, 2.24) is 4.90 Å². The fraction of sp³-hybridized carbons (Fsp3) is 0.533. The van der Waals surface area contributed by atoms with Gasteiger partial charge in [-0.1, -0.05) is 0 Å². The molecule has 1 heterocycles. The van der Waals surface area contributed by atoms with E-state index >= 15 is 0 Å². The maximum atomic E-state index is 11.9. The third-order valence-corrected chi connectivity index (χ3v) is 4.32. The number of rotatable bonds is 2. The van der Waals surface area contributed by atoms with Gasteiger partial charge in [-0.2, -0.15) is 0 Å². The normalized spacial score (nSPS) is 15.6. The van der Waals surface area contributed by atoms with E-state index < -0.39 is 5.60 Å². The lowest BCUT2D eigenvalue weighted by Crippen LogP contribution is -2.58. The number of amides is 1. The summed E-state index contributed by atoms with van der Waals surface area (Å²) < 4.78 is 7.38. The average molecular weight is 420 g/mol. The molecule has 0 saturated carbocycles. The molecule has 0 spiro atoms. The summed E-state index contributed by atoms with van der Waals surface area (Å²) in [7, 11) is 0. The van der Waals surface area contributed by atoms with Crippen LogP contribution in [-0.2, 0) is 4.74 Å². The first-order valence-electron chi connectivity index (χ1n) is 6.86. The van der Waals surface area contributed by atoms with E-state index in [-0.39, 0.29) is 12.1 Å². The first kappa shape index (κ1) is 16.6. The van der Waals surface area contributed by atoms with Crippen LogP contribution in [0.3, 0.4) is 0 Å². The second kappa shape index (κ2) is 6.16. The third-order valence-electron chi connectivity index (χ3n) is 3.07. The Bertz CT molecular complexity index is 526. The molecule has 2 rings (SSSR count). The van der Waals surface area contributed by atoms with Gasteiger partial charge in [-0.15, -0.1) is 0 Å². The number of carbonyl (C=O) groups excluding carboxylic acids is 1. The molecule has 1 aliphatic heterocycles. The highest BCUT2D eigenvalue weighted by molar-refractivity contribution is 9.11. The van der Waals surface area contributed by atoms with Crippen LogP contribution >= 0.6 is 31.9 Å². The molecule has 0 aliphatic carbocycles. The van der Waals surface area contributed by atoms with E-state index in [9.17, 15) is 4.79 Å². The Balaban J connectivity index is 1.90. The molecule has 0 atom stereocenters. The number of halogens is 2. The minimum Gasteiger partial charge on any atom is -0.444 e. The molecule has 116 valence electrons. The molecule has 1 amide bonds. The number of anilines is 1. The Morgan fingerprint density at radius 1 is 1.29 bits per heavy atom. The Morgan fingerprint density at radius 3 is 2.29 bits per heavy atom. The SMILES string of the molecule is Cc1cc(Br)c(NC2CN(C(=O)OC(C)(C)C)C2)c(Br)c1. The highest BCUT2D eigenvalue weighted by atomic mass is 79.9. The predicted octanol–water partition coefficient (Wildman–Crippen LogP) is 4.55. The van der Waals surface area contributed by atoms with Crippen molar-refractivity contribution < 1.29 is 9.53 Å². The number of likely N-dealkylation sites (tertiary alicyclic amines) is 1. The van der Waals surface area contributed by atoms with Gasteiger partial charge in [0.2, 0.25) is 0 Å². The van der Waals surface area contributed by atoms with Gasteiger partial charge >= 0.3 is 6.09 Å². The van der Waals surface area contributed by atoms with Crippen molar-refractivity contribution >= 4 is 43.6 Å². The number of benzene rings is 1. The minimum absolute atomic E-state index is 0.243. The van der Waals surface area contributed by atoms with Gasteiger partial charge in [-0.3, -0.25) is 0 Å². The van der Waals surface area contributed by atoms with Gasteiger partial charge in [0.15, 0.2) is 0 Å². The number of nitrogens with one attached hydrogen (secondary N) is 1. The van der Waals surface area contributed by atoms with Gasteiger partial charge < -0.3 is 15.0 Å². The van der Waals surface area contributed by atoms with Crippen molar-refractivity contribution in [3.63, 3.8) is 0 Å². The van der Waals surface area contributed by atoms with Crippen LogP contribution in [0.25, 0.3) is 0 Å². The van der Waals surface area contributed by atoms with Gasteiger partial charge in [-0.25, -0.2) is 4.79 Å². The van der Waals surface area contributed by atoms with Crippen molar-refractivity contribution in [1.29, 1.82) is 0 Å². The topological polar surface area (TPSA) is 41.6 Å². The number of hydrogen-bond donors (Lipinski definition) is 1. The van der Waals surface area contributed by atoms with E-state index in [0.717, 1.165) is 14.6 Å². The number of hydrogen-bond acceptors (Lipinski definition) is 3. The molecule has 1 aromatic carbocycles. The second-order valence-electron chi connectivity index (χ2n) is 6.33. The predicted molar refractivity (Wildman–Crippen MR) is 91.8 cm³/mol. The molecule has 1 aromatic rings. The molecule has 0 aromatic heterocycles. The lowest BCUT2D eigenvalue weighted by Gasteiger charge is -2.40. The molecule has 6 heteroatoms. The number of ether oxygens (including phenoxy) is 1. The first-order valence-corrected chi connectivity index (χ1v) is 8.44. The van der Waals surface area contributed by atoms with Crippen LogP contribution in [0.4, 0.5) is 10.5 Å². The summed E-state index contributed by atoms with van der Waals surface area (Å²) in [6, 6.07) is 4.38. The molecule has 1 saturated heterocycles. The van der Waals surface area contributed by atoms with Crippen LogP contribution in [0, 0.1) is 6.92 Å². The number of nitrogens with zero attached hydrogens (tertiary/aromatic N) is 1. The number of carbonyl (C=O) groups is 1. The molecule has 0 bridgehead atoms. The molecule has 4 nitrogen and oxygen atoms in total. The van der Waals surface area contributed by atoms with Crippen molar-refractivity contribution in [3.05, 3.63) is 26.6 Å². The van der Waals surface area contributed by atoms with Crippen LogP contribution in [0.2, 0.25) is 0 Å². The summed E-state index contributed by atoms with van der Waals surface area (Å²) >= 11 is 7.13. The monoisotopic (exact) mass is 418 g/mol. The fourth-order valence-corrected chi connectivity index (χ4v) is 3.73. The fourth-order valence-electron chi connectivity index (χ4n) is 2.09. The van der Waals surface area contributed by atoms with E-state index in [0.29, 0.717) is 13.1 Å². The molecule has 1 fully saturated rings. The van der Waals surface area contributed by atoms with E-state index in [1.807, 2.05) is 27.7 Å². The van der Waals surface area contributed by atoms with Gasteiger partial charge in [0.1, 0.15) is 5.60 Å². The van der Waals surface area contributed by atoms with E-state index in [1.165, 1.54) is 5.56 Å². The molecular formula is C15H20Br2N2O2. The average Bonchev–Trinajstić information content (AvgIpc) is 2.21. The molecule has 0 unspecified atom stereocenters. The standard InChI is InChI=1S/C15H20Br2N2O2/c1-9-5-11(16)13(12(17)6-9)18-10-7-19(8-10)14(20)21-15(2,3)4/h5-6,10,18H,7-8H2,1-4H3. The quantitative estimate of drug-likeness (QED) is 0.764. The van der Waals surface area contributed by atoms with Crippen molar-refractivity contribution in [2.24, 2.45) is 0 Å². The van der Waals surface area contributed by atoms with Crippen molar-refractivity contribution in [2.75, 3.05) is 18.4 Å². The van der Waals surface area contributed by atoms with E-state index in [1.54, 1.807) is 4.90 Å². The summed E-state index contributed by atoms with van der Waals surface area (Å²) in [5.74, 6) is 0. The van der Waals surface area contributed by atoms with Crippen molar-refractivity contribution in [2.45, 2.75) is 39.3 Å². The number of aryl methyl sites for hydroxylation is 1. The van der Waals surface area contributed by atoms with Gasteiger partial charge in [0.05, 0.1) is 11.7 Å². The zero-order valence-corrected chi connectivity index (χ0v) is 15.8. The van der Waals surface area contributed by atoms with E-state index in [2.05, 4.69) is 49.3 Å². The second-order valence-corrected chi connectivity index (χ2v) is 8.04. The molecule has 0 radical (unpaired) electrons. The van der Waals surface area contributed by atoms with Crippen LogP contribution < -0.4 is 5.32 Å². The molecule has 1 N–H and O–H groups in total. The summed E-state index contributed by atoms with van der Waals surface area (Å²) in [6.07, 6.45) is -0.248. The Labute approximate surface area is 142 Å². The Morgan fingerprint density at radius 2 is 1.81 bits per heavy atom. The van der Waals surface area contributed by atoms with Gasteiger partial charge in [0, 0.05) is 22.0 Å². The Hall–Kier alpha value is -0.750. The van der Waals surface area contributed by atoms with Crippen LogP contribution in [-0.4, -0.2) is 35.7 Å². The summed E-state index contributed by atoms with van der Waals surface area (Å²) in [5, 5.41) is 3.45. The largest absolute Gasteiger partial charge is 0.444 e. The summed E-state index contributed by atoms with van der Waals surface area (Å²) in [5.41, 5.74) is 1.76. The minimum atomic E-state index is -0.446. The highest BCUT2D eigenvalue weighted by Gasteiger charge is 2.34. The van der Waals surface area contributed by atoms with Crippen LogP contribution in [0.1, 0.15) is 26.3 Å². The summed E-state index contributed by atoms with van der Waals surface area (Å²) in [6.45, 7) is 8.99. The maximum absolute atomic E-state index is 11.9. The molecular weight excluding hydrogens is 400 g/mol. The highest BCUT2D eigenvalue weighted by Crippen LogP contribution is 2.33. The molecule has 1 aliphatic rings. The van der Waals surface area contributed by atoms with Crippen LogP contribution in [0.15, 0.2) is 21.1 Å². The zero-order valence-electron chi connectivity index (χ0n) is 12.7. The van der Waals surface area contributed by atoms with Crippen molar-refractivity contribution in [3.8, 4) is 0 Å². The third kappa shape index (κ3) is 4.36. The first-order chi connectivity index (χ1) is 9.65. The zero-order chi connectivity index (χ0) is 15.8. The van der Waals surface area contributed by atoms with Gasteiger partial charge in [0.25, 0.3) is 0 Å². The lowest BCUT2D eigenvalue weighted by molar-refractivity contribution is 0.0105. The maximum Gasteiger partial charge on any atom is 0.410 e. The lowest BCUT2D eigenvalue weighted by atomic mass is 10.1. The summed E-state index contributed by atoms with van der Waals surface area (Å²) in [4.78, 5) is 13.6. The smallest absolute Gasteiger partial charge is 0.410 e.